The topological polar surface area (TPSA) is 141 Å². The standard InChI is InChI=1S/C16H16N2O7S/c1-16(2,3)10-4-6-15(13(19)8-10)26(24,25)14-7-5-11(17(20)21)9-12(14)18(22)23/h4-9,19H,1-3H3. The van der Waals surface area contributed by atoms with Crippen molar-refractivity contribution in [2.24, 2.45) is 0 Å². The van der Waals surface area contributed by atoms with Gasteiger partial charge in [-0.05, 0) is 29.2 Å². The average Bonchev–Trinajstić information content (AvgIpc) is 2.52. The second-order valence-corrected chi connectivity index (χ2v) is 8.49. The maximum absolute atomic E-state index is 12.8. The molecule has 0 unspecified atom stereocenters. The van der Waals surface area contributed by atoms with Gasteiger partial charge in [-0.1, -0.05) is 26.8 Å². The van der Waals surface area contributed by atoms with Crippen LogP contribution < -0.4 is 0 Å². The number of nitro benzene ring substituents is 2. The molecule has 0 aliphatic rings. The third-order valence-electron chi connectivity index (χ3n) is 3.75. The maximum Gasteiger partial charge on any atom is 0.295 e. The summed E-state index contributed by atoms with van der Waals surface area (Å²) in [6.07, 6.45) is 0. The molecule has 0 saturated heterocycles. The summed E-state index contributed by atoms with van der Waals surface area (Å²) in [5, 5.41) is 32.2. The molecule has 9 nitrogen and oxygen atoms in total. The molecule has 0 heterocycles. The summed E-state index contributed by atoms with van der Waals surface area (Å²) in [6.45, 7) is 5.62. The summed E-state index contributed by atoms with van der Waals surface area (Å²) in [5.41, 5.74) is -1.22. The Balaban J connectivity index is 2.69. The summed E-state index contributed by atoms with van der Waals surface area (Å²) in [7, 11) is -4.46. The van der Waals surface area contributed by atoms with Gasteiger partial charge in [0.2, 0.25) is 9.84 Å². The summed E-state index contributed by atoms with van der Waals surface area (Å²) < 4.78 is 25.6. The number of phenols is 1. The second kappa shape index (κ2) is 6.37. The van der Waals surface area contributed by atoms with E-state index in [9.17, 15) is 33.8 Å². The number of nitrogens with zero attached hydrogens (tertiary/aromatic N) is 2. The van der Waals surface area contributed by atoms with Crippen LogP contribution in [-0.2, 0) is 15.3 Å². The Kier molecular flexibility index (Phi) is 4.73. The van der Waals surface area contributed by atoms with E-state index in [1.165, 1.54) is 12.1 Å². The number of phenolic OH excluding ortho intramolecular Hbond substituents is 1. The third-order valence-corrected chi connectivity index (χ3v) is 5.60. The molecule has 0 aromatic heterocycles. The number of benzene rings is 2. The molecule has 0 saturated carbocycles. The van der Waals surface area contributed by atoms with Crippen LogP contribution >= 0.6 is 0 Å². The van der Waals surface area contributed by atoms with Crippen LogP contribution in [-0.4, -0.2) is 23.4 Å². The lowest BCUT2D eigenvalue weighted by Crippen LogP contribution is -2.12. The van der Waals surface area contributed by atoms with Crippen LogP contribution in [0.25, 0.3) is 0 Å². The molecule has 0 aliphatic heterocycles. The van der Waals surface area contributed by atoms with Crippen molar-refractivity contribution in [3.05, 3.63) is 62.2 Å². The number of non-ortho nitro benzene ring substituents is 1. The molecule has 10 heteroatoms. The Morgan fingerprint density at radius 3 is 1.96 bits per heavy atom. The summed E-state index contributed by atoms with van der Waals surface area (Å²) in [4.78, 5) is 18.9. The van der Waals surface area contributed by atoms with Crippen molar-refractivity contribution < 1.29 is 23.4 Å². The number of nitro groups is 2. The highest BCUT2D eigenvalue weighted by Crippen LogP contribution is 2.37. The molecule has 0 amide bonds. The zero-order chi connectivity index (χ0) is 19.9. The molecule has 2 aromatic carbocycles. The second-order valence-electron chi connectivity index (χ2n) is 6.60. The predicted octanol–water partition coefficient (Wildman–Crippen LogP) is 3.34. The summed E-state index contributed by atoms with van der Waals surface area (Å²) >= 11 is 0. The summed E-state index contributed by atoms with van der Waals surface area (Å²) in [5.74, 6) is -0.551. The van der Waals surface area contributed by atoms with E-state index in [2.05, 4.69) is 0 Å². The summed E-state index contributed by atoms with van der Waals surface area (Å²) in [6, 6.07) is 6.18. The fourth-order valence-corrected chi connectivity index (χ4v) is 3.79. The minimum Gasteiger partial charge on any atom is -0.507 e. The van der Waals surface area contributed by atoms with Crippen molar-refractivity contribution in [3.63, 3.8) is 0 Å². The molecular weight excluding hydrogens is 364 g/mol. The van der Waals surface area contributed by atoms with Crippen molar-refractivity contribution in [2.75, 3.05) is 0 Å². The van der Waals surface area contributed by atoms with Crippen molar-refractivity contribution in [1.29, 1.82) is 0 Å². The molecule has 138 valence electrons. The molecule has 2 rings (SSSR count). The van der Waals surface area contributed by atoms with Gasteiger partial charge >= 0.3 is 0 Å². The highest BCUT2D eigenvalue weighted by Gasteiger charge is 2.32. The van der Waals surface area contributed by atoms with E-state index in [0.717, 1.165) is 18.2 Å². The Morgan fingerprint density at radius 1 is 0.923 bits per heavy atom. The molecule has 0 fully saturated rings. The molecule has 0 aliphatic carbocycles. The Bertz CT molecular complexity index is 1010. The third kappa shape index (κ3) is 3.49. The lowest BCUT2D eigenvalue weighted by molar-refractivity contribution is -0.396. The van der Waals surface area contributed by atoms with E-state index in [0.29, 0.717) is 11.6 Å². The monoisotopic (exact) mass is 380 g/mol. The van der Waals surface area contributed by atoms with Crippen molar-refractivity contribution in [3.8, 4) is 5.75 Å². The first-order valence-electron chi connectivity index (χ1n) is 7.37. The van der Waals surface area contributed by atoms with Gasteiger partial charge in [0.15, 0.2) is 0 Å². The van der Waals surface area contributed by atoms with Crippen LogP contribution in [0.5, 0.6) is 5.75 Å². The molecule has 1 N–H and O–H groups in total. The fraction of sp³-hybridized carbons (Fsp3) is 0.250. The number of rotatable bonds is 4. The van der Waals surface area contributed by atoms with Gasteiger partial charge in [0, 0.05) is 6.07 Å². The van der Waals surface area contributed by atoms with Crippen LogP contribution in [0.1, 0.15) is 26.3 Å². The smallest absolute Gasteiger partial charge is 0.295 e. The van der Waals surface area contributed by atoms with Gasteiger partial charge in [-0.25, -0.2) is 8.42 Å². The van der Waals surface area contributed by atoms with Crippen LogP contribution in [0.15, 0.2) is 46.2 Å². The average molecular weight is 380 g/mol. The molecule has 0 spiro atoms. The van der Waals surface area contributed by atoms with E-state index in [-0.39, 0.29) is 5.41 Å². The van der Waals surface area contributed by atoms with Crippen molar-refractivity contribution >= 4 is 21.2 Å². The number of aromatic hydroxyl groups is 1. The molecule has 2 aromatic rings. The largest absolute Gasteiger partial charge is 0.507 e. The highest BCUT2D eigenvalue weighted by molar-refractivity contribution is 7.91. The van der Waals surface area contributed by atoms with Crippen LogP contribution in [0, 0.1) is 20.2 Å². The Morgan fingerprint density at radius 2 is 1.50 bits per heavy atom. The highest BCUT2D eigenvalue weighted by atomic mass is 32.2. The first kappa shape index (κ1) is 19.3. The molecule has 26 heavy (non-hydrogen) atoms. The molecule has 0 atom stereocenters. The Labute approximate surface area is 149 Å². The zero-order valence-electron chi connectivity index (χ0n) is 14.2. The van der Waals surface area contributed by atoms with Gasteiger partial charge in [-0.2, -0.15) is 0 Å². The number of sulfone groups is 1. The maximum atomic E-state index is 12.8. The van der Waals surface area contributed by atoms with Crippen LogP contribution in [0.4, 0.5) is 11.4 Å². The van der Waals surface area contributed by atoms with E-state index < -0.39 is 46.6 Å². The predicted molar refractivity (Wildman–Crippen MR) is 92.0 cm³/mol. The van der Waals surface area contributed by atoms with E-state index in [4.69, 9.17) is 0 Å². The van der Waals surface area contributed by atoms with Crippen LogP contribution in [0.2, 0.25) is 0 Å². The van der Waals surface area contributed by atoms with Crippen LogP contribution in [0.3, 0.4) is 0 Å². The van der Waals surface area contributed by atoms with E-state index >= 15 is 0 Å². The van der Waals surface area contributed by atoms with E-state index in [1.807, 2.05) is 20.8 Å². The van der Waals surface area contributed by atoms with Gasteiger partial charge in [0.1, 0.15) is 15.5 Å². The minimum absolute atomic E-state index is 0.348. The number of hydrogen-bond donors (Lipinski definition) is 1. The quantitative estimate of drug-likeness (QED) is 0.633. The van der Waals surface area contributed by atoms with Gasteiger partial charge in [0.05, 0.1) is 15.9 Å². The van der Waals surface area contributed by atoms with Crippen molar-refractivity contribution in [2.45, 2.75) is 36.0 Å². The normalized spacial score (nSPS) is 12.0. The first-order chi connectivity index (χ1) is 11.9. The molecule has 0 bridgehead atoms. The number of hydrogen-bond acceptors (Lipinski definition) is 7. The van der Waals surface area contributed by atoms with Crippen molar-refractivity contribution in [1.82, 2.24) is 0 Å². The fourth-order valence-electron chi connectivity index (χ4n) is 2.32. The molecular formula is C16H16N2O7S. The van der Waals surface area contributed by atoms with Gasteiger partial charge < -0.3 is 5.11 Å². The SMILES string of the molecule is CC(C)(C)c1ccc(S(=O)(=O)c2ccc([N+](=O)[O-])cc2[N+](=O)[O-])c(O)c1. The first-order valence-corrected chi connectivity index (χ1v) is 8.85. The zero-order valence-corrected chi connectivity index (χ0v) is 15.0. The lowest BCUT2D eigenvalue weighted by atomic mass is 9.87. The van der Waals surface area contributed by atoms with Gasteiger partial charge in [-0.3, -0.25) is 20.2 Å². The Hall–Kier alpha value is -3.01. The minimum atomic E-state index is -4.46. The lowest BCUT2D eigenvalue weighted by Gasteiger charge is -2.20. The van der Waals surface area contributed by atoms with Gasteiger partial charge in [-0.15, -0.1) is 0 Å². The van der Waals surface area contributed by atoms with E-state index in [1.54, 1.807) is 0 Å². The van der Waals surface area contributed by atoms with Gasteiger partial charge in [0.25, 0.3) is 11.4 Å². The molecule has 0 radical (unpaired) electrons.